The third-order valence-corrected chi connectivity index (χ3v) is 4.80. The summed E-state index contributed by atoms with van der Waals surface area (Å²) >= 11 is 0. The lowest BCUT2D eigenvalue weighted by Gasteiger charge is -2.10. The third-order valence-electron chi connectivity index (χ3n) is 4.80. The van der Waals surface area contributed by atoms with Crippen LogP contribution >= 0.6 is 0 Å². The predicted octanol–water partition coefficient (Wildman–Crippen LogP) is 3.35. The lowest BCUT2D eigenvalue weighted by Crippen LogP contribution is -2.22. The highest BCUT2D eigenvalue weighted by Crippen LogP contribution is 2.24. The van der Waals surface area contributed by atoms with Crippen molar-refractivity contribution in [1.29, 1.82) is 0 Å². The number of nitrogens with two attached hydrogens (primary N) is 1. The maximum absolute atomic E-state index is 6.11. The molecule has 0 saturated heterocycles. The standard InChI is InChI=1S/C21H23N5/c22-21(25-20-10-9-16-7-3-8-17(16)13-20)23-14-18-5-1-2-6-19(18)15-26-12-4-11-24-26/h1-2,4-6,9-13H,3,7-8,14-15H2,(H3,22,23,25). The first-order chi connectivity index (χ1) is 12.8. The van der Waals surface area contributed by atoms with Crippen LogP contribution in [0.1, 0.15) is 28.7 Å². The topological polar surface area (TPSA) is 68.2 Å². The molecule has 5 nitrogen and oxygen atoms in total. The van der Waals surface area contributed by atoms with Gasteiger partial charge in [0, 0.05) is 18.1 Å². The van der Waals surface area contributed by atoms with Crippen molar-refractivity contribution in [2.75, 3.05) is 5.32 Å². The van der Waals surface area contributed by atoms with Crippen molar-refractivity contribution in [2.24, 2.45) is 10.7 Å². The number of aromatic nitrogens is 2. The average molecular weight is 345 g/mol. The Morgan fingerprint density at radius 3 is 2.77 bits per heavy atom. The summed E-state index contributed by atoms with van der Waals surface area (Å²) in [5.41, 5.74) is 12.4. The molecule has 1 aromatic heterocycles. The number of aliphatic imine (C=N–C) groups is 1. The summed E-state index contributed by atoms with van der Waals surface area (Å²) in [6.45, 7) is 1.28. The molecule has 3 N–H and O–H groups in total. The smallest absolute Gasteiger partial charge is 0.193 e. The SMILES string of the molecule is NC(=NCc1ccccc1Cn1cccn1)Nc1ccc2c(c1)CCC2. The van der Waals surface area contributed by atoms with Crippen LogP contribution in [-0.2, 0) is 25.9 Å². The van der Waals surface area contributed by atoms with E-state index in [0.717, 1.165) is 24.2 Å². The summed E-state index contributed by atoms with van der Waals surface area (Å²) in [5, 5.41) is 7.49. The maximum atomic E-state index is 6.11. The average Bonchev–Trinajstić information content (AvgIpc) is 3.32. The van der Waals surface area contributed by atoms with Crippen LogP contribution in [0.4, 0.5) is 5.69 Å². The summed E-state index contributed by atoms with van der Waals surface area (Å²) in [7, 11) is 0. The van der Waals surface area contributed by atoms with Crippen molar-refractivity contribution in [3.05, 3.63) is 83.2 Å². The summed E-state index contributed by atoms with van der Waals surface area (Å²) in [6.07, 6.45) is 7.34. The molecule has 2 aromatic carbocycles. The number of benzene rings is 2. The van der Waals surface area contributed by atoms with Crippen molar-refractivity contribution < 1.29 is 0 Å². The molecule has 0 spiro atoms. The van der Waals surface area contributed by atoms with E-state index in [1.807, 2.05) is 29.1 Å². The second kappa shape index (κ2) is 7.44. The molecule has 0 fully saturated rings. The number of anilines is 1. The molecule has 132 valence electrons. The number of rotatable bonds is 5. The van der Waals surface area contributed by atoms with Crippen LogP contribution in [0.2, 0.25) is 0 Å². The number of hydrogen-bond acceptors (Lipinski definition) is 2. The fourth-order valence-corrected chi connectivity index (χ4v) is 3.44. The minimum Gasteiger partial charge on any atom is -0.370 e. The second-order valence-electron chi connectivity index (χ2n) is 6.64. The fraction of sp³-hybridized carbons (Fsp3) is 0.238. The van der Waals surface area contributed by atoms with E-state index in [2.05, 4.69) is 45.7 Å². The van der Waals surface area contributed by atoms with Crippen LogP contribution in [0.25, 0.3) is 0 Å². The molecule has 0 unspecified atom stereocenters. The first kappa shape index (κ1) is 16.4. The highest BCUT2D eigenvalue weighted by Gasteiger charge is 2.11. The minimum absolute atomic E-state index is 0.442. The third kappa shape index (κ3) is 3.77. The van der Waals surface area contributed by atoms with Gasteiger partial charge in [-0.2, -0.15) is 5.10 Å². The van der Waals surface area contributed by atoms with Crippen molar-refractivity contribution in [3.63, 3.8) is 0 Å². The Hall–Kier alpha value is -3.08. The van der Waals surface area contributed by atoms with E-state index in [4.69, 9.17) is 5.73 Å². The first-order valence-electron chi connectivity index (χ1n) is 9.01. The molecule has 5 heteroatoms. The van der Waals surface area contributed by atoms with E-state index < -0.39 is 0 Å². The van der Waals surface area contributed by atoms with Gasteiger partial charge in [0.15, 0.2) is 5.96 Å². The quantitative estimate of drug-likeness (QED) is 0.550. The molecule has 4 rings (SSSR count). The monoisotopic (exact) mass is 345 g/mol. The predicted molar refractivity (Wildman–Crippen MR) is 105 cm³/mol. The van der Waals surface area contributed by atoms with Crippen LogP contribution in [0.3, 0.4) is 0 Å². The van der Waals surface area contributed by atoms with Crippen molar-refractivity contribution in [1.82, 2.24) is 9.78 Å². The van der Waals surface area contributed by atoms with Crippen LogP contribution in [0.15, 0.2) is 65.9 Å². The lowest BCUT2D eigenvalue weighted by atomic mass is 10.1. The fourth-order valence-electron chi connectivity index (χ4n) is 3.44. The molecular formula is C21H23N5. The number of hydrogen-bond donors (Lipinski definition) is 2. The van der Waals surface area contributed by atoms with Gasteiger partial charge in [-0.05, 0) is 59.7 Å². The Labute approximate surface area is 153 Å². The summed E-state index contributed by atoms with van der Waals surface area (Å²) in [6, 6.07) is 16.7. The number of fused-ring (bicyclic) bond motifs is 1. The maximum Gasteiger partial charge on any atom is 0.193 e. The van der Waals surface area contributed by atoms with Crippen LogP contribution in [0.5, 0.6) is 0 Å². The van der Waals surface area contributed by atoms with Gasteiger partial charge in [0.1, 0.15) is 0 Å². The number of aryl methyl sites for hydroxylation is 2. The minimum atomic E-state index is 0.442. The van der Waals surface area contributed by atoms with E-state index in [1.165, 1.54) is 29.5 Å². The van der Waals surface area contributed by atoms with Gasteiger partial charge >= 0.3 is 0 Å². The van der Waals surface area contributed by atoms with E-state index in [9.17, 15) is 0 Å². The largest absolute Gasteiger partial charge is 0.370 e. The number of guanidine groups is 1. The molecule has 0 aliphatic heterocycles. The van der Waals surface area contributed by atoms with E-state index in [-0.39, 0.29) is 0 Å². The van der Waals surface area contributed by atoms with E-state index in [0.29, 0.717) is 12.5 Å². The Bertz CT molecular complexity index is 912. The molecule has 1 aliphatic carbocycles. The van der Waals surface area contributed by atoms with E-state index >= 15 is 0 Å². The van der Waals surface area contributed by atoms with E-state index in [1.54, 1.807) is 6.20 Å². The zero-order valence-electron chi connectivity index (χ0n) is 14.7. The summed E-state index contributed by atoms with van der Waals surface area (Å²) in [4.78, 5) is 4.53. The highest BCUT2D eigenvalue weighted by molar-refractivity contribution is 5.92. The highest BCUT2D eigenvalue weighted by atomic mass is 15.3. The molecule has 0 bridgehead atoms. The van der Waals surface area contributed by atoms with Crippen LogP contribution in [-0.4, -0.2) is 15.7 Å². The van der Waals surface area contributed by atoms with Crippen molar-refractivity contribution in [3.8, 4) is 0 Å². The van der Waals surface area contributed by atoms with Gasteiger partial charge in [0.05, 0.1) is 13.1 Å². The molecule has 3 aromatic rings. The van der Waals surface area contributed by atoms with Gasteiger partial charge in [-0.25, -0.2) is 4.99 Å². The Kier molecular flexibility index (Phi) is 4.69. The zero-order chi connectivity index (χ0) is 17.8. The molecule has 1 aliphatic rings. The summed E-state index contributed by atoms with van der Waals surface area (Å²) in [5.74, 6) is 0.442. The van der Waals surface area contributed by atoms with Gasteiger partial charge in [-0.15, -0.1) is 0 Å². The molecule has 0 amide bonds. The van der Waals surface area contributed by atoms with Gasteiger partial charge in [0.25, 0.3) is 0 Å². The Morgan fingerprint density at radius 2 is 1.92 bits per heavy atom. The van der Waals surface area contributed by atoms with Crippen LogP contribution < -0.4 is 11.1 Å². The number of nitrogens with one attached hydrogen (secondary N) is 1. The second-order valence-corrected chi connectivity index (χ2v) is 6.64. The molecule has 0 saturated carbocycles. The van der Waals surface area contributed by atoms with Gasteiger partial charge in [0.2, 0.25) is 0 Å². The van der Waals surface area contributed by atoms with Gasteiger partial charge in [-0.3, -0.25) is 4.68 Å². The zero-order valence-corrected chi connectivity index (χ0v) is 14.7. The van der Waals surface area contributed by atoms with Crippen LogP contribution in [0, 0.1) is 0 Å². The summed E-state index contributed by atoms with van der Waals surface area (Å²) < 4.78 is 1.91. The Balaban J connectivity index is 1.44. The van der Waals surface area contributed by atoms with Crippen molar-refractivity contribution in [2.45, 2.75) is 32.4 Å². The molecule has 0 atom stereocenters. The van der Waals surface area contributed by atoms with Crippen molar-refractivity contribution >= 4 is 11.6 Å². The molecule has 1 heterocycles. The molecular weight excluding hydrogens is 322 g/mol. The first-order valence-corrected chi connectivity index (χ1v) is 9.01. The normalized spacial score (nSPS) is 13.6. The lowest BCUT2D eigenvalue weighted by molar-refractivity contribution is 0.681. The van der Waals surface area contributed by atoms with Gasteiger partial charge < -0.3 is 11.1 Å². The Morgan fingerprint density at radius 1 is 1.08 bits per heavy atom. The molecule has 0 radical (unpaired) electrons. The number of nitrogens with zero attached hydrogens (tertiary/aromatic N) is 3. The molecule has 26 heavy (non-hydrogen) atoms. The van der Waals surface area contributed by atoms with Gasteiger partial charge in [-0.1, -0.05) is 30.3 Å².